The van der Waals surface area contributed by atoms with Crippen molar-refractivity contribution in [1.29, 1.82) is 0 Å². The summed E-state index contributed by atoms with van der Waals surface area (Å²) >= 11 is 24.2. The lowest BCUT2D eigenvalue weighted by Gasteiger charge is -2.09. The number of nitrogens with one attached hydrogen (secondary N) is 4. The van der Waals surface area contributed by atoms with Crippen LogP contribution in [0.2, 0.25) is 20.1 Å². The van der Waals surface area contributed by atoms with Gasteiger partial charge in [0.15, 0.2) is 0 Å². The third-order valence-corrected chi connectivity index (χ3v) is 8.58. The Balaban J connectivity index is 1.15. The SMILES string of the molecule is C/C(=N\NC(=O)c1ccc(C(=O)N/N=C(\C)c2cccc(NC(=O)c3ccc(Cl)cc3Cl)c2)cc1)c1cccc(NC(=O)c2ccc(Cl)cc2Cl)c1. The Morgan fingerprint density at radius 3 is 1.21 bits per heavy atom. The van der Waals surface area contributed by atoms with Gasteiger partial charge in [-0.05, 0) is 110 Å². The molecule has 0 aliphatic carbocycles. The molecule has 14 heteroatoms. The molecule has 0 radical (unpaired) electrons. The number of amides is 4. The molecule has 0 atom stereocenters. The van der Waals surface area contributed by atoms with E-state index in [2.05, 4.69) is 31.7 Å². The van der Waals surface area contributed by atoms with Crippen molar-refractivity contribution < 1.29 is 19.2 Å². The van der Waals surface area contributed by atoms with Crippen LogP contribution in [0, 0.1) is 0 Å². The van der Waals surface area contributed by atoms with Gasteiger partial charge in [-0.3, -0.25) is 19.2 Å². The quantitative estimate of drug-likeness (QED) is 0.0830. The van der Waals surface area contributed by atoms with Crippen LogP contribution in [-0.4, -0.2) is 35.1 Å². The van der Waals surface area contributed by atoms with E-state index in [0.717, 1.165) is 0 Å². The van der Waals surface area contributed by atoms with Crippen LogP contribution in [0.15, 0.2) is 119 Å². The van der Waals surface area contributed by atoms with Gasteiger partial charge in [0.25, 0.3) is 23.6 Å². The van der Waals surface area contributed by atoms with E-state index in [9.17, 15) is 19.2 Å². The van der Waals surface area contributed by atoms with E-state index in [-0.39, 0.29) is 32.3 Å². The summed E-state index contributed by atoms with van der Waals surface area (Å²) in [6.45, 7) is 3.41. The van der Waals surface area contributed by atoms with Crippen LogP contribution in [0.25, 0.3) is 0 Å². The Morgan fingerprint density at radius 1 is 0.462 bits per heavy atom. The number of nitrogens with zero attached hydrogens (tertiary/aromatic N) is 2. The molecule has 262 valence electrons. The maximum atomic E-state index is 12.8. The summed E-state index contributed by atoms with van der Waals surface area (Å²) in [6.07, 6.45) is 0. The summed E-state index contributed by atoms with van der Waals surface area (Å²) in [7, 11) is 0. The largest absolute Gasteiger partial charge is 0.322 e. The van der Waals surface area contributed by atoms with Crippen molar-refractivity contribution in [3.63, 3.8) is 0 Å². The van der Waals surface area contributed by atoms with Gasteiger partial charge >= 0.3 is 0 Å². The third-order valence-electron chi connectivity index (χ3n) is 7.49. The van der Waals surface area contributed by atoms with Crippen molar-refractivity contribution in [3.8, 4) is 0 Å². The highest BCUT2D eigenvalue weighted by Crippen LogP contribution is 2.24. The van der Waals surface area contributed by atoms with Crippen LogP contribution in [0.4, 0.5) is 11.4 Å². The van der Waals surface area contributed by atoms with Crippen LogP contribution in [0.1, 0.15) is 66.4 Å². The fraction of sp³-hybridized carbons (Fsp3) is 0.0526. The van der Waals surface area contributed by atoms with E-state index < -0.39 is 23.6 Å². The minimum atomic E-state index is -0.493. The number of carbonyl (C=O) groups is 4. The lowest BCUT2D eigenvalue weighted by Crippen LogP contribution is -2.21. The average molecular weight is 774 g/mol. The monoisotopic (exact) mass is 772 g/mol. The Morgan fingerprint density at radius 2 is 0.846 bits per heavy atom. The van der Waals surface area contributed by atoms with Crippen LogP contribution in [0.3, 0.4) is 0 Å². The minimum absolute atomic E-state index is 0.225. The number of anilines is 2. The number of rotatable bonds is 10. The van der Waals surface area contributed by atoms with E-state index in [1.54, 1.807) is 74.5 Å². The fourth-order valence-corrected chi connectivity index (χ4v) is 5.68. The second-order valence-corrected chi connectivity index (χ2v) is 12.9. The van der Waals surface area contributed by atoms with Crippen molar-refractivity contribution in [1.82, 2.24) is 10.9 Å². The molecular formula is C38H28Cl4N6O4. The topological polar surface area (TPSA) is 141 Å². The zero-order chi connectivity index (χ0) is 37.4. The van der Waals surface area contributed by atoms with Crippen LogP contribution < -0.4 is 21.5 Å². The molecule has 5 aromatic rings. The number of benzene rings is 5. The number of hydrogen-bond donors (Lipinski definition) is 4. The molecule has 52 heavy (non-hydrogen) atoms. The zero-order valence-corrected chi connectivity index (χ0v) is 30.5. The standard InChI is InChI=1S/C38H28Cl4N6O4/c1-21(25-5-3-7-29(17-25)43-37(51)31-15-13-27(39)19-33(31)41)45-47-35(49)23-9-11-24(12-10-23)36(50)48-46-22(2)26-6-4-8-30(18-26)44-38(52)32-16-14-28(40)20-34(32)42/h3-20H,1-2H3,(H,43,51)(H,44,52)(H,47,49)(H,48,50)/b45-21+,46-22+. The van der Waals surface area contributed by atoms with Crippen molar-refractivity contribution in [2.45, 2.75) is 13.8 Å². The third kappa shape index (κ3) is 9.83. The second-order valence-electron chi connectivity index (χ2n) is 11.2. The van der Waals surface area contributed by atoms with Gasteiger partial charge in [0.2, 0.25) is 0 Å². The van der Waals surface area contributed by atoms with E-state index in [0.29, 0.717) is 44.0 Å². The number of halogens is 4. The highest BCUT2D eigenvalue weighted by Gasteiger charge is 2.14. The summed E-state index contributed by atoms with van der Waals surface area (Å²) in [4.78, 5) is 51.0. The van der Waals surface area contributed by atoms with E-state index in [1.807, 2.05) is 0 Å². The average Bonchev–Trinajstić information content (AvgIpc) is 3.12. The minimum Gasteiger partial charge on any atom is -0.322 e. The molecule has 0 aromatic heterocycles. The van der Waals surface area contributed by atoms with Gasteiger partial charge in [-0.25, -0.2) is 10.9 Å². The molecule has 4 N–H and O–H groups in total. The van der Waals surface area contributed by atoms with Gasteiger partial charge in [-0.1, -0.05) is 70.7 Å². The molecule has 0 unspecified atom stereocenters. The van der Waals surface area contributed by atoms with Crippen molar-refractivity contribution >= 4 is 92.8 Å². The number of carbonyl (C=O) groups excluding carboxylic acids is 4. The number of hydrogen-bond acceptors (Lipinski definition) is 6. The molecule has 5 aromatic carbocycles. The molecule has 0 bridgehead atoms. The van der Waals surface area contributed by atoms with Gasteiger partial charge < -0.3 is 10.6 Å². The molecule has 0 aliphatic rings. The van der Waals surface area contributed by atoms with E-state index in [1.165, 1.54) is 48.5 Å². The Kier molecular flexibility index (Phi) is 12.4. The molecular weight excluding hydrogens is 746 g/mol. The Hall–Kier alpha value is -5.52. The first-order valence-electron chi connectivity index (χ1n) is 15.4. The Labute approximate surface area is 318 Å². The molecule has 0 saturated carbocycles. The van der Waals surface area contributed by atoms with Gasteiger partial charge in [0.05, 0.1) is 32.6 Å². The molecule has 5 rings (SSSR count). The Bertz CT molecular complexity index is 2100. The predicted octanol–water partition coefficient (Wildman–Crippen LogP) is 9.11. The van der Waals surface area contributed by atoms with Crippen LogP contribution >= 0.6 is 46.4 Å². The lowest BCUT2D eigenvalue weighted by atomic mass is 10.1. The maximum Gasteiger partial charge on any atom is 0.271 e. The van der Waals surface area contributed by atoms with Gasteiger partial charge in [-0.15, -0.1) is 0 Å². The van der Waals surface area contributed by atoms with E-state index in [4.69, 9.17) is 46.4 Å². The van der Waals surface area contributed by atoms with Gasteiger partial charge in [-0.2, -0.15) is 10.2 Å². The highest BCUT2D eigenvalue weighted by atomic mass is 35.5. The second kappa shape index (κ2) is 17.1. The number of hydrazone groups is 2. The first kappa shape index (κ1) is 37.7. The highest BCUT2D eigenvalue weighted by molar-refractivity contribution is 6.38. The van der Waals surface area contributed by atoms with Crippen molar-refractivity contribution in [2.24, 2.45) is 10.2 Å². The summed E-state index contributed by atoms with van der Waals surface area (Å²) in [5.41, 5.74) is 9.37. The lowest BCUT2D eigenvalue weighted by molar-refractivity contribution is 0.0943. The summed E-state index contributed by atoms with van der Waals surface area (Å²) in [6, 6.07) is 29.0. The van der Waals surface area contributed by atoms with Gasteiger partial charge in [0, 0.05) is 32.5 Å². The predicted molar refractivity (Wildman–Crippen MR) is 208 cm³/mol. The molecule has 10 nitrogen and oxygen atoms in total. The first-order valence-corrected chi connectivity index (χ1v) is 16.9. The summed E-state index contributed by atoms with van der Waals surface area (Å²) in [5.74, 6) is -1.80. The van der Waals surface area contributed by atoms with Crippen LogP contribution in [0.5, 0.6) is 0 Å². The van der Waals surface area contributed by atoms with Crippen molar-refractivity contribution in [2.75, 3.05) is 10.6 Å². The molecule has 0 spiro atoms. The molecule has 0 fully saturated rings. The van der Waals surface area contributed by atoms with Crippen LogP contribution in [-0.2, 0) is 0 Å². The van der Waals surface area contributed by atoms with Crippen molar-refractivity contribution in [3.05, 3.63) is 163 Å². The molecule has 4 amide bonds. The summed E-state index contributed by atoms with van der Waals surface area (Å²) in [5, 5.41) is 15.2. The molecule has 0 aliphatic heterocycles. The molecule has 0 heterocycles. The molecule has 0 saturated heterocycles. The fourth-order valence-electron chi connectivity index (χ4n) is 4.69. The summed E-state index contributed by atoms with van der Waals surface area (Å²) < 4.78 is 0. The first-order chi connectivity index (χ1) is 24.9. The van der Waals surface area contributed by atoms with Gasteiger partial charge in [0.1, 0.15) is 0 Å². The smallest absolute Gasteiger partial charge is 0.271 e. The van der Waals surface area contributed by atoms with E-state index >= 15 is 0 Å². The zero-order valence-electron chi connectivity index (χ0n) is 27.4. The normalized spacial score (nSPS) is 11.4. The maximum absolute atomic E-state index is 12.8.